The van der Waals surface area contributed by atoms with Crippen molar-refractivity contribution in [3.05, 3.63) is 59.8 Å². The summed E-state index contributed by atoms with van der Waals surface area (Å²) in [4.78, 5) is 4.71. The van der Waals surface area contributed by atoms with Gasteiger partial charge in [0, 0.05) is 10.9 Å². The summed E-state index contributed by atoms with van der Waals surface area (Å²) >= 11 is 0. The maximum Gasteiger partial charge on any atom is 0.116 e. The van der Waals surface area contributed by atoms with Crippen LogP contribution < -0.4 is 0 Å². The Hall–Kier alpha value is -2.86. The van der Waals surface area contributed by atoms with Crippen molar-refractivity contribution in [3.63, 3.8) is 0 Å². The first-order chi connectivity index (χ1) is 11.7. The molecule has 120 valence electrons. The van der Waals surface area contributed by atoms with E-state index >= 15 is 0 Å². The second kappa shape index (κ2) is 7.14. The minimum atomic E-state index is 0.184. The third-order valence-electron chi connectivity index (χ3n) is 4.23. The molecule has 3 heteroatoms. The van der Waals surface area contributed by atoms with Crippen molar-refractivity contribution in [2.24, 2.45) is 0 Å². The lowest BCUT2D eigenvalue weighted by Gasteiger charge is -2.13. The molecule has 0 amide bonds. The molecule has 1 N–H and O–H groups in total. The number of nitriles is 1. The van der Waals surface area contributed by atoms with Crippen LogP contribution in [0.15, 0.2) is 48.5 Å². The molecule has 0 saturated carbocycles. The molecule has 0 aliphatic rings. The summed E-state index contributed by atoms with van der Waals surface area (Å²) in [6, 6.07) is 17.4. The number of rotatable bonds is 5. The first-order valence-corrected chi connectivity index (χ1v) is 8.35. The number of benzene rings is 2. The Kier molecular flexibility index (Phi) is 4.77. The molecule has 3 nitrogen and oxygen atoms in total. The molecule has 0 unspecified atom stereocenters. The average Bonchev–Trinajstić information content (AvgIpc) is 2.61. The summed E-state index contributed by atoms with van der Waals surface area (Å²) in [5.41, 5.74) is 4.13. The van der Waals surface area contributed by atoms with Crippen molar-refractivity contribution in [1.29, 1.82) is 5.26 Å². The molecule has 0 bridgehead atoms. The van der Waals surface area contributed by atoms with Crippen LogP contribution in [0.1, 0.15) is 37.4 Å². The number of hydrogen-bond donors (Lipinski definition) is 1. The zero-order chi connectivity index (χ0) is 16.9. The van der Waals surface area contributed by atoms with E-state index in [9.17, 15) is 10.4 Å². The fourth-order valence-corrected chi connectivity index (χ4v) is 3.05. The van der Waals surface area contributed by atoms with Gasteiger partial charge in [-0.1, -0.05) is 50.1 Å². The van der Waals surface area contributed by atoms with Crippen LogP contribution in [0.3, 0.4) is 0 Å². The molecule has 0 atom stereocenters. The predicted molar refractivity (Wildman–Crippen MR) is 96.8 cm³/mol. The number of pyridine rings is 1. The number of unbranched alkanes of at least 4 members (excludes halogenated alkanes) is 2. The number of aromatic hydroxyl groups is 1. The normalized spacial score (nSPS) is 10.7. The molecule has 0 aliphatic carbocycles. The molecule has 24 heavy (non-hydrogen) atoms. The van der Waals surface area contributed by atoms with Gasteiger partial charge in [-0.15, -0.1) is 0 Å². The average molecular weight is 316 g/mol. The van der Waals surface area contributed by atoms with Crippen molar-refractivity contribution >= 4 is 10.9 Å². The summed E-state index contributed by atoms with van der Waals surface area (Å²) in [5, 5.41) is 20.5. The summed E-state index contributed by atoms with van der Waals surface area (Å²) in [6.07, 6.45) is 4.08. The Balaban J connectivity index is 2.28. The molecule has 2 aromatic carbocycles. The van der Waals surface area contributed by atoms with Crippen LogP contribution in [0, 0.1) is 11.3 Å². The number of phenols is 1. The molecule has 0 radical (unpaired) electrons. The SMILES string of the molecule is CCCCCc1nc2ccc(O)cc2c(-c2ccccc2)c1C#N. The molecule has 0 spiro atoms. The molecule has 0 fully saturated rings. The number of nitrogens with zero attached hydrogens (tertiary/aromatic N) is 2. The summed E-state index contributed by atoms with van der Waals surface area (Å²) in [7, 11) is 0. The van der Waals surface area contributed by atoms with E-state index in [1.54, 1.807) is 12.1 Å². The van der Waals surface area contributed by atoms with Crippen LogP contribution in [-0.4, -0.2) is 10.1 Å². The molecule has 1 heterocycles. The van der Waals surface area contributed by atoms with Gasteiger partial charge in [0.2, 0.25) is 0 Å². The van der Waals surface area contributed by atoms with Crippen LogP contribution in [0.4, 0.5) is 0 Å². The minimum absolute atomic E-state index is 0.184. The molecule has 0 saturated heterocycles. The molecule has 3 aromatic rings. The van der Waals surface area contributed by atoms with Crippen LogP contribution in [0.5, 0.6) is 5.75 Å². The van der Waals surface area contributed by atoms with Gasteiger partial charge in [0.1, 0.15) is 11.8 Å². The summed E-state index contributed by atoms with van der Waals surface area (Å²) < 4.78 is 0. The van der Waals surface area contributed by atoms with Crippen molar-refractivity contribution in [3.8, 4) is 22.9 Å². The highest BCUT2D eigenvalue weighted by atomic mass is 16.3. The van der Waals surface area contributed by atoms with Gasteiger partial charge in [-0.05, 0) is 36.6 Å². The highest BCUT2D eigenvalue weighted by Crippen LogP contribution is 2.34. The fourth-order valence-electron chi connectivity index (χ4n) is 3.05. The Labute approximate surface area is 142 Å². The lowest BCUT2D eigenvalue weighted by Crippen LogP contribution is -2.00. The molecular weight excluding hydrogens is 296 g/mol. The maximum atomic E-state index is 9.90. The monoisotopic (exact) mass is 316 g/mol. The van der Waals surface area contributed by atoms with E-state index in [-0.39, 0.29) is 5.75 Å². The lowest BCUT2D eigenvalue weighted by molar-refractivity contribution is 0.476. The van der Waals surface area contributed by atoms with Crippen LogP contribution in [0.25, 0.3) is 22.0 Å². The number of phenolic OH excluding ortho intramolecular Hbond substituents is 1. The van der Waals surface area contributed by atoms with E-state index in [1.807, 2.05) is 36.4 Å². The van der Waals surface area contributed by atoms with Gasteiger partial charge >= 0.3 is 0 Å². The van der Waals surface area contributed by atoms with E-state index in [0.717, 1.165) is 53.4 Å². The second-order valence-corrected chi connectivity index (χ2v) is 5.94. The van der Waals surface area contributed by atoms with Crippen molar-refractivity contribution < 1.29 is 5.11 Å². The van der Waals surface area contributed by atoms with Crippen LogP contribution >= 0.6 is 0 Å². The van der Waals surface area contributed by atoms with Gasteiger partial charge in [0.05, 0.1) is 16.8 Å². The fraction of sp³-hybridized carbons (Fsp3) is 0.238. The summed E-state index contributed by atoms with van der Waals surface area (Å²) in [6.45, 7) is 2.16. The Morgan fingerprint density at radius 3 is 2.58 bits per heavy atom. The topological polar surface area (TPSA) is 56.9 Å². The van der Waals surface area contributed by atoms with E-state index in [0.29, 0.717) is 5.56 Å². The van der Waals surface area contributed by atoms with Gasteiger partial charge in [-0.2, -0.15) is 5.26 Å². The van der Waals surface area contributed by atoms with Gasteiger partial charge in [0.25, 0.3) is 0 Å². The first-order valence-electron chi connectivity index (χ1n) is 8.35. The van der Waals surface area contributed by atoms with E-state index in [2.05, 4.69) is 13.0 Å². The number of fused-ring (bicyclic) bond motifs is 1. The number of aryl methyl sites for hydroxylation is 1. The second-order valence-electron chi connectivity index (χ2n) is 5.94. The largest absolute Gasteiger partial charge is 0.508 e. The number of hydrogen-bond acceptors (Lipinski definition) is 3. The van der Waals surface area contributed by atoms with E-state index in [4.69, 9.17) is 4.98 Å². The summed E-state index contributed by atoms with van der Waals surface area (Å²) in [5.74, 6) is 0.184. The van der Waals surface area contributed by atoms with Gasteiger partial charge in [-0.3, -0.25) is 4.98 Å². The zero-order valence-corrected chi connectivity index (χ0v) is 13.8. The van der Waals surface area contributed by atoms with Gasteiger partial charge < -0.3 is 5.11 Å². The standard InChI is InChI=1S/C21H20N2O/c1-2-3-5-10-19-18(14-22)21(15-8-6-4-7-9-15)17-13-16(24)11-12-20(17)23-19/h4,6-9,11-13,24H,2-3,5,10H2,1H3. The maximum absolute atomic E-state index is 9.90. The molecule has 3 rings (SSSR count). The Morgan fingerprint density at radius 2 is 1.88 bits per heavy atom. The minimum Gasteiger partial charge on any atom is -0.508 e. The molecule has 1 aromatic heterocycles. The first kappa shape index (κ1) is 16.0. The Morgan fingerprint density at radius 1 is 1.08 bits per heavy atom. The Bertz CT molecular complexity index is 895. The third-order valence-corrected chi connectivity index (χ3v) is 4.23. The van der Waals surface area contributed by atoms with E-state index in [1.165, 1.54) is 0 Å². The molecule has 0 aliphatic heterocycles. The highest BCUT2D eigenvalue weighted by Gasteiger charge is 2.16. The predicted octanol–water partition coefficient (Wildman–Crippen LogP) is 5.21. The highest BCUT2D eigenvalue weighted by molar-refractivity contribution is 5.98. The van der Waals surface area contributed by atoms with Crippen molar-refractivity contribution in [2.75, 3.05) is 0 Å². The third kappa shape index (κ3) is 3.09. The lowest BCUT2D eigenvalue weighted by atomic mass is 9.93. The number of aromatic nitrogens is 1. The molecular formula is C21H20N2O. The van der Waals surface area contributed by atoms with Gasteiger partial charge in [-0.25, -0.2) is 0 Å². The van der Waals surface area contributed by atoms with Crippen LogP contribution in [0.2, 0.25) is 0 Å². The smallest absolute Gasteiger partial charge is 0.116 e. The van der Waals surface area contributed by atoms with Crippen molar-refractivity contribution in [2.45, 2.75) is 32.6 Å². The van der Waals surface area contributed by atoms with Crippen LogP contribution in [-0.2, 0) is 6.42 Å². The zero-order valence-electron chi connectivity index (χ0n) is 13.8. The van der Waals surface area contributed by atoms with E-state index < -0.39 is 0 Å². The quantitative estimate of drug-likeness (QED) is 0.657. The van der Waals surface area contributed by atoms with Crippen molar-refractivity contribution in [1.82, 2.24) is 4.98 Å². The van der Waals surface area contributed by atoms with Gasteiger partial charge in [0.15, 0.2) is 0 Å².